The smallest absolute Gasteiger partial charge is 0.126 e. The molecule has 2 nitrogen and oxygen atoms in total. The minimum atomic E-state index is 0.526. The number of halogens is 2. The zero-order chi connectivity index (χ0) is 5.98. The normalized spacial score (nSPS) is 18.8. The van der Waals surface area contributed by atoms with Crippen LogP contribution in [-0.4, -0.2) is 17.3 Å². The van der Waals surface area contributed by atoms with E-state index in [1.54, 1.807) is 12.3 Å². The Morgan fingerprint density at radius 1 is 1.88 bits per heavy atom. The summed E-state index contributed by atoms with van der Waals surface area (Å²) in [7, 11) is 0. The van der Waals surface area contributed by atoms with E-state index in [1.165, 1.54) is 4.42 Å². The fraction of sp³-hybridized carbons (Fsp3) is 0.250. The van der Waals surface area contributed by atoms with E-state index in [0.717, 1.165) is 4.61 Å². The lowest BCUT2D eigenvalue weighted by Crippen LogP contribution is -2.10. The van der Waals surface area contributed by atoms with Gasteiger partial charge < -0.3 is 0 Å². The first-order chi connectivity index (χ1) is 3.80. The van der Waals surface area contributed by atoms with Crippen molar-refractivity contribution < 1.29 is 0 Å². The van der Waals surface area contributed by atoms with Crippen LogP contribution in [0.3, 0.4) is 0 Å². The van der Waals surface area contributed by atoms with Crippen LogP contribution in [-0.2, 0) is 0 Å². The van der Waals surface area contributed by atoms with Gasteiger partial charge in [-0.05, 0) is 22.0 Å². The lowest BCUT2D eigenvalue weighted by molar-refractivity contribution is 0.609. The van der Waals surface area contributed by atoms with Gasteiger partial charge in [-0.15, -0.1) is 0 Å². The molecule has 0 aromatic rings. The standard InChI is InChI=1S/C4H4BrClN2/c5-4-1-2-7-3-8(4)6/h1-2H,3H2. The van der Waals surface area contributed by atoms with Gasteiger partial charge in [-0.3, -0.25) is 9.41 Å². The maximum atomic E-state index is 5.57. The van der Waals surface area contributed by atoms with Crippen molar-refractivity contribution in [2.75, 3.05) is 6.67 Å². The van der Waals surface area contributed by atoms with Gasteiger partial charge in [0, 0.05) is 18.0 Å². The van der Waals surface area contributed by atoms with Gasteiger partial charge in [0.05, 0.1) is 4.61 Å². The van der Waals surface area contributed by atoms with Crippen molar-refractivity contribution in [3.8, 4) is 0 Å². The van der Waals surface area contributed by atoms with Crippen LogP contribution in [0.5, 0.6) is 0 Å². The van der Waals surface area contributed by atoms with E-state index >= 15 is 0 Å². The third kappa shape index (κ3) is 1.23. The Morgan fingerprint density at radius 3 is 3.00 bits per heavy atom. The third-order valence-corrected chi connectivity index (χ3v) is 1.94. The molecule has 0 saturated carbocycles. The molecule has 44 valence electrons. The maximum absolute atomic E-state index is 5.57. The van der Waals surface area contributed by atoms with E-state index in [4.69, 9.17) is 11.8 Å². The molecule has 1 rings (SSSR count). The third-order valence-electron chi connectivity index (χ3n) is 0.755. The van der Waals surface area contributed by atoms with Crippen molar-refractivity contribution in [2.45, 2.75) is 0 Å². The van der Waals surface area contributed by atoms with Crippen molar-refractivity contribution in [1.29, 1.82) is 0 Å². The van der Waals surface area contributed by atoms with E-state index in [-0.39, 0.29) is 0 Å². The quantitative estimate of drug-likeness (QED) is 0.424. The van der Waals surface area contributed by atoms with Crippen LogP contribution < -0.4 is 0 Å². The second-order valence-electron chi connectivity index (χ2n) is 1.32. The van der Waals surface area contributed by atoms with Crippen LogP contribution in [0, 0.1) is 0 Å². The molecule has 1 aliphatic rings. The summed E-state index contributed by atoms with van der Waals surface area (Å²) >= 11 is 8.79. The number of nitrogens with zero attached hydrogens (tertiary/aromatic N) is 2. The molecule has 8 heavy (non-hydrogen) atoms. The number of hydrogen-bond acceptors (Lipinski definition) is 2. The van der Waals surface area contributed by atoms with Crippen molar-refractivity contribution in [3.05, 3.63) is 10.7 Å². The molecule has 0 fully saturated rings. The van der Waals surface area contributed by atoms with Crippen LogP contribution in [0.25, 0.3) is 0 Å². The first-order valence-corrected chi connectivity index (χ1v) is 3.23. The zero-order valence-electron chi connectivity index (χ0n) is 4.01. The molecule has 0 N–H and O–H groups in total. The first-order valence-electron chi connectivity index (χ1n) is 2.09. The molecule has 0 aromatic carbocycles. The predicted molar refractivity (Wildman–Crippen MR) is 38.1 cm³/mol. The highest BCUT2D eigenvalue weighted by Crippen LogP contribution is 2.15. The Labute approximate surface area is 61.1 Å². The maximum Gasteiger partial charge on any atom is 0.126 e. The average molecular weight is 195 g/mol. The number of rotatable bonds is 0. The first kappa shape index (κ1) is 6.11. The molecule has 0 bridgehead atoms. The van der Waals surface area contributed by atoms with E-state index in [1.807, 2.05) is 0 Å². The van der Waals surface area contributed by atoms with Gasteiger partial charge >= 0.3 is 0 Å². The topological polar surface area (TPSA) is 15.6 Å². The zero-order valence-corrected chi connectivity index (χ0v) is 6.35. The van der Waals surface area contributed by atoms with Gasteiger partial charge in [-0.25, -0.2) is 0 Å². The number of allylic oxidation sites excluding steroid dienone is 1. The fourth-order valence-electron chi connectivity index (χ4n) is 0.381. The van der Waals surface area contributed by atoms with E-state index in [9.17, 15) is 0 Å². The van der Waals surface area contributed by atoms with Crippen molar-refractivity contribution in [2.24, 2.45) is 4.99 Å². The molecule has 0 unspecified atom stereocenters. The van der Waals surface area contributed by atoms with E-state index in [0.29, 0.717) is 6.67 Å². The second-order valence-corrected chi connectivity index (χ2v) is 2.55. The van der Waals surface area contributed by atoms with Crippen LogP contribution in [0.15, 0.2) is 15.7 Å². The Hall–Kier alpha value is -0.0200. The van der Waals surface area contributed by atoms with Gasteiger partial charge in [-0.1, -0.05) is 0 Å². The summed E-state index contributed by atoms with van der Waals surface area (Å²) in [5.74, 6) is 0. The minimum Gasteiger partial charge on any atom is -0.270 e. The molecule has 0 aliphatic carbocycles. The molecule has 4 heteroatoms. The molecular weight excluding hydrogens is 191 g/mol. The van der Waals surface area contributed by atoms with Gasteiger partial charge in [0.25, 0.3) is 0 Å². The van der Waals surface area contributed by atoms with E-state index < -0.39 is 0 Å². The lowest BCUT2D eigenvalue weighted by atomic mass is 10.6. The van der Waals surface area contributed by atoms with Crippen LogP contribution in [0.1, 0.15) is 0 Å². The van der Waals surface area contributed by atoms with Gasteiger partial charge in [0.15, 0.2) is 0 Å². The molecule has 1 aliphatic heterocycles. The largest absolute Gasteiger partial charge is 0.270 e. The summed E-state index contributed by atoms with van der Waals surface area (Å²) in [4.78, 5) is 3.87. The van der Waals surface area contributed by atoms with Gasteiger partial charge in [-0.2, -0.15) is 0 Å². The Morgan fingerprint density at radius 2 is 2.62 bits per heavy atom. The molecule has 0 aromatic heterocycles. The van der Waals surface area contributed by atoms with Crippen LogP contribution in [0.4, 0.5) is 0 Å². The molecule has 0 radical (unpaired) electrons. The summed E-state index contributed by atoms with van der Waals surface area (Å²) < 4.78 is 2.34. The van der Waals surface area contributed by atoms with Crippen LogP contribution in [0.2, 0.25) is 0 Å². The molecule has 0 spiro atoms. The molecule has 1 heterocycles. The summed E-state index contributed by atoms with van der Waals surface area (Å²) in [6, 6.07) is 0. The fourth-order valence-corrected chi connectivity index (χ4v) is 0.730. The Bertz CT molecular complexity index is 143. The van der Waals surface area contributed by atoms with Crippen LogP contribution >= 0.6 is 27.7 Å². The lowest BCUT2D eigenvalue weighted by Gasteiger charge is -2.13. The monoisotopic (exact) mass is 194 g/mol. The molecule has 0 amide bonds. The summed E-state index contributed by atoms with van der Waals surface area (Å²) in [6.07, 6.45) is 3.50. The molecular formula is C4H4BrClN2. The Balaban J connectivity index is 2.66. The van der Waals surface area contributed by atoms with E-state index in [2.05, 4.69) is 20.9 Å². The molecule has 0 atom stereocenters. The second kappa shape index (κ2) is 2.51. The molecule has 0 saturated heterocycles. The van der Waals surface area contributed by atoms with Crippen molar-refractivity contribution in [3.63, 3.8) is 0 Å². The minimum absolute atomic E-state index is 0.526. The Kier molecular flexibility index (Phi) is 1.91. The highest BCUT2D eigenvalue weighted by molar-refractivity contribution is 9.11. The average Bonchev–Trinajstić information content (AvgIpc) is 1.77. The SMILES string of the molecule is ClN1CN=CC=C1Br. The van der Waals surface area contributed by atoms with Gasteiger partial charge in [0.2, 0.25) is 0 Å². The number of hydrogen-bond donors (Lipinski definition) is 0. The summed E-state index contributed by atoms with van der Waals surface area (Å²) in [5, 5.41) is 0. The summed E-state index contributed by atoms with van der Waals surface area (Å²) in [5.41, 5.74) is 0. The predicted octanol–water partition coefficient (Wildman–Crippen LogP) is 1.72. The van der Waals surface area contributed by atoms with Crippen molar-refractivity contribution in [1.82, 2.24) is 4.42 Å². The van der Waals surface area contributed by atoms with Gasteiger partial charge in [0.1, 0.15) is 6.67 Å². The highest BCUT2D eigenvalue weighted by Gasteiger charge is 2.02. The number of aliphatic imine (C=N–C) groups is 1. The summed E-state index contributed by atoms with van der Waals surface area (Å²) in [6.45, 7) is 0.526. The highest BCUT2D eigenvalue weighted by atomic mass is 79.9. The van der Waals surface area contributed by atoms with Crippen molar-refractivity contribution >= 4 is 33.9 Å².